The Bertz CT molecular complexity index is 106. The standard InChI is InChI=1S/C9H20O3/c1-5-11-9(4,12-6-2)7-8(3)10/h8,10H,5-7H2,1-4H3. The Kier molecular flexibility index (Phi) is 5.46. The van der Waals surface area contributed by atoms with Crippen LogP contribution in [0, 0.1) is 0 Å². The minimum atomic E-state index is -0.627. The van der Waals surface area contributed by atoms with Gasteiger partial charge in [-0.15, -0.1) is 0 Å². The lowest BCUT2D eigenvalue weighted by Crippen LogP contribution is -2.35. The molecule has 3 nitrogen and oxygen atoms in total. The third-order valence-electron chi connectivity index (χ3n) is 1.57. The number of aliphatic hydroxyl groups excluding tert-OH is 1. The van der Waals surface area contributed by atoms with Gasteiger partial charge < -0.3 is 14.6 Å². The van der Waals surface area contributed by atoms with Crippen molar-refractivity contribution in [1.82, 2.24) is 0 Å². The van der Waals surface area contributed by atoms with Crippen LogP contribution in [0.4, 0.5) is 0 Å². The van der Waals surface area contributed by atoms with Gasteiger partial charge in [0.15, 0.2) is 5.79 Å². The van der Waals surface area contributed by atoms with Gasteiger partial charge in [-0.1, -0.05) is 0 Å². The van der Waals surface area contributed by atoms with Gasteiger partial charge in [-0.3, -0.25) is 0 Å². The minimum absolute atomic E-state index is 0.395. The van der Waals surface area contributed by atoms with E-state index in [0.717, 1.165) is 0 Å². The van der Waals surface area contributed by atoms with Crippen LogP contribution < -0.4 is 0 Å². The van der Waals surface area contributed by atoms with Gasteiger partial charge in [0.1, 0.15) is 0 Å². The average molecular weight is 176 g/mol. The lowest BCUT2D eigenvalue weighted by Gasteiger charge is -2.30. The van der Waals surface area contributed by atoms with E-state index >= 15 is 0 Å². The maximum Gasteiger partial charge on any atom is 0.167 e. The summed E-state index contributed by atoms with van der Waals surface area (Å²) in [4.78, 5) is 0. The first-order valence-electron chi connectivity index (χ1n) is 4.50. The van der Waals surface area contributed by atoms with E-state index in [2.05, 4.69) is 0 Å². The van der Waals surface area contributed by atoms with E-state index in [4.69, 9.17) is 9.47 Å². The van der Waals surface area contributed by atoms with Gasteiger partial charge in [0, 0.05) is 19.6 Å². The lowest BCUT2D eigenvalue weighted by atomic mass is 10.1. The summed E-state index contributed by atoms with van der Waals surface area (Å²) in [6.45, 7) is 8.62. The smallest absolute Gasteiger partial charge is 0.167 e. The Morgan fingerprint density at radius 3 is 1.92 bits per heavy atom. The van der Waals surface area contributed by atoms with Crippen LogP contribution in [0.1, 0.15) is 34.1 Å². The number of ether oxygens (including phenoxy) is 2. The molecule has 0 heterocycles. The Hall–Kier alpha value is -0.120. The van der Waals surface area contributed by atoms with Crippen LogP contribution in [0.5, 0.6) is 0 Å². The highest BCUT2D eigenvalue weighted by atomic mass is 16.7. The molecular weight excluding hydrogens is 156 g/mol. The van der Waals surface area contributed by atoms with Crippen LogP contribution in [-0.2, 0) is 9.47 Å². The number of hydrogen-bond acceptors (Lipinski definition) is 3. The summed E-state index contributed by atoms with van der Waals surface area (Å²) in [5.74, 6) is -0.627. The molecule has 0 amide bonds. The molecule has 3 heteroatoms. The molecule has 0 rings (SSSR count). The van der Waals surface area contributed by atoms with Crippen molar-refractivity contribution in [1.29, 1.82) is 0 Å². The Morgan fingerprint density at radius 2 is 1.67 bits per heavy atom. The SMILES string of the molecule is CCOC(C)(CC(C)O)OCC. The molecule has 0 spiro atoms. The largest absolute Gasteiger partial charge is 0.393 e. The summed E-state index contributed by atoms with van der Waals surface area (Å²) in [7, 11) is 0. The number of hydrogen-bond donors (Lipinski definition) is 1. The monoisotopic (exact) mass is 176 g/mol. The van der Waals surface area contributed by atoms with Crippen LogP contribution in [0.15, 0.2) is 0 Å². The van der Waals surface area contributed by atoms with Crippen molar-refractivity contribution in [2.45, 2.75) is 46.0 Å². The molecule has 0 fully saturated rings. The second-order valence-corrected chi connectivity index (χ2v) is 3.05. The maximum absolute atomic E-state index is 9.18. The van der Waals surface area contributed by atoms with Gasteiger partial charge in [0.25, 0.3) is 0 Å². The predicted molar refractivity (Wildman–Crippen MR) is 48.0 cm³/mol. The van der Waals surface area contributed by atoms with E-state index in [9.17, 15) is 5.11 Å². The fourth-order valence-corrected chi connectivity index (χ4v) is 1.31. The van der Waals surface area contributed by atoms with Crippen molar-refractivity contribution in [3.8, 4) is 0 Å². The molecule has 0 aliphatic rings. The molecule has 0 aliphatic heterocycles. The predicted octanol–water partition coefficient (Wildman–Crippen LogP) is 1.55. The molecule has 0 aromatic rings. The number of rotatable bonds is 6. The molecule has 1 unspecified atom stereocenters. The molecule has 0 radical (unpaired) electrons. The molecule has 74 valence electrons. The topological polar surface area (TPSA) is 38.7 Å². The zero-order valence-corrected chi connectivity index (χ0v) is 8.46. The minimum Gasteiger partial charge on any atom is -0.393 e. The molecule has 12 heavy (non-hydrogen) atoms. The highest BCUT2D eigenvalue weighted by molar-refractivity contribution is 4.66. The molecule has 1 atom stereocenters. The molecule has 0 saturated carbocycles. The van der Waals surface area contributed by atoms with Crippen molar-refractivity contribution < 1.29 is 14.6 Å². The third-order valence-corrected chi connectivity index (χ3v) is 1.57. The van der Waals surface area contributed by atoms with Crippen molar-refractivity contribution >= 4 is 0 Å². The molecule has 0 bridgehead atoms. The lowest BCUT2D eigenvalue weighted by molar-refractivity contribution is -0.233. The van der Waals surface area contributed by atoms with Gasteiger partial charge in [0.2, 0.25) is 0 Å². The highest BCUT2D eigenvalue weighted by Gasteiger charge is 2.26. The summed E-state index contributed by atoms with van der Waals surface area (Å²) >= 11 is 0. The molecule has 1 N–H and O–H groups in total. The van der Waals surface area contributed by atoms with E-state index in [1.54, 1.807) is 6.92 Å². The summed E-state index contributed by atoms with van der Waals surface area (Å²) in [6.07, 6.45) is 0.113. The van der Waals surface area contributed by atoms with E-state index in [1.165, 1.54) is 0 Å². The number of aliphatic hydroxyl groups is 1. The van der Waals surface area contributed by atoms with Crippen molar-refractivity contribution in [3.05, 3.63) is 0 Å². The van der Waals surface area contributed by atoms with E-state index in [1.807, 2.05) is 20.8 Å². The summed E-state index contributed by atoms with van der Waals surface area (Å²) in [5, 5.41) is 9.18. The Labute approximate surface area is 74.7 Å². The molecule has 0 aliphatic carbocycles. The van der Waals surface area contributed by atoms with E-state index < -0.39 is 11.9 Å². The second kappa shape index (κ2) is 5.51. The molecule has 0 saturated heterocycles. The van der Waals surface area contributed by atoms with Crippen LogP contribution >= 0.6 is 0 Å². The first kappa shape index (κ1) is 11.9. The molecule has 0 aromatic heterocycles. The average Bonchev–Trinajstić information content (AvgIpc) is 1.85. The highest BCUT2D eigenvalue weighted by Crippen LogP contribution is 2.19. The van der Waals surface area contributed by atoms with Crippen molar-refractivity contribution in [2.75, 3.05) is 13.2 Å². The fraction of sp³-hybridized carbons (Fsp3) is 1.00. The summed E-state index contributed by atoms with van der Waals surface area (Å²) in [5.41, 5.74) is 0. The quantitative estimate of drug-likeness (QED) is 0.624. The van der Waals surface area contributed by atoms with Gasteiger partial charge in [-0.2, -0.15) is 0 Å². The molecular formula is C9H20O3. The maximum atomic E-state index is 9.18. The summed E-state index contributed by atoms with van der Waals surface area (Å²) < 4.78 is 10.8. The Morgan fingerprint density at radius 1 is 1.25 bits per heavy atom. The van der Waals surface area contributed by atoms with Crippen LogP contribution in [0.3, 0.4) is 0 Å². The first-order valence-corrected chi connectivity index (χ1v) is 4.50. The van der Waals surface area contributed by atoms with Crippen LogP contribution in [0.2, 0.25) is 0 Å². The first-order chi connectivity index (χ1) is 5.54. The van der Waals surface area contributed by atoms with Crippen LogP contribution in [0.25, 0.3) is 0 Å². The van der Waals surface area contributed by atoms with Crippen molar-refractivity contribution in [2.24, 2.45) is 0 Å². The Balaban J connectivity index is 3.98. The van der Waals surface area contributed by atoms with E-state index in [-0.39, 0.29) is 0 Å². The van der Waals surface area contributed by atoms with E-state index in [0.29, 0.717) is 19.6 Å². The van der Waals surface area contributed by atoms with Gasteiger partial charge >= 0.3 is 0 Å². The van der Waals surface area contributed by atoms with Gasteiger partial charge in [-0.05, 0) is 27.7 Å². The zero-order chi connectivity index (χ0) is 9.61. The zero-order valence-electron chi connectivity index (χ0n) is 8.46. The third kappa shape index (κ3) is 4.70. The van der Waals surface area contributed by atoms with Gasteiger partial charge in [0.05, 0.1) is 6.10 Å². The fourth-order valence-electron chi connectivity index (χ4n) is 1.31. The summed E-state index contributed by atoms with van der Waals surface area (Å²) in [6, 6.07) is 0. The second-order valence-electron chi connectivity index (χ2n) is 3.05. The van der Waals surface area contributed by atoms with Crippen molar-refractivity contribution in [3.63, 3.8) is 0 Å². The normalized spacial score (nSPS) is 14.8. The van der Waals surface area contributed by atoms with Crippen LogP contribution in [-0.4, -0.2) is 30.2 Å². The van der Waals surface area contributed by atoms with Gasteiger partial charge in [-0.25, -0.2) is 0 Å². The molecule has 0 aromatic carbocycles.